The molecule has 0 spiro atoms. The molecule has 1 rings (SSSR count). The Morgan fingerprint density at radius 1 is 1.14 bits per heavy atom. The zero-order valence-electron chi connectivity index (χ0n) is 12.3. The quantitative estimate of drug-likeness (QED) is 0.768. The fourth-order valence-corrected chi connectivity index (χ4v) is 4.32. The maximum absolute atomic E-state index is 13.6. The van der Waals surface area contributed by atoms with Crippen LogP contribution < -0.4 is 0 Å². The molecular formula is C14H20F2O3S2. The first-order valence-corrected chi connectivity index (χ1v) is 9.79. The lowest BCUT2D eigenvalue weighted by Crippen LogP contribution is -2.20. The number of halogens is 2. The Balaban J connectivity index is 2.69. The molecule has 21 heavy (non-hydrogen) atoms. The minimum absolute atomic E-state index is 0.0666. The van der Waals surface area contributed by atoms with Crippen LogP contribution in [-0.2, 0) is 20.6 Å². The number of benzene rings is 1. The SMILES string of the molecule is CC(C)S(=O)(=O)CCC[S@@](=O)[C@H](C)c1c(F)cccc1F. The predicted octanol–water partition coefficient (Wildman–Crippen LogP) is 2.99. The smallest absolute Gasteiger partial charge is 0.152 e. The first-order chi connectivity index (χ1) is 9.66. The molecule has 0 aliphatic rings. The summed E-state index contributed by atoms with van der Waals surface area (Å²) in [5.74, 6) is -1.43. The largest absolute Gasteiger partial charge is 0.259 e. The topological polar surface area (TPSA) is 51.2 Å². The van der Waals surface area contributed by atoms with Crippen LogP contribution in [0.3, 0.4) is 0 Å². The summed E-state index contributed by atoms with van der Waals surface area (Å²) in [7, 11) is -4.71. The van der Waals surface area contributed by atoms with Gasteiger partial charge in [0.2, 0.25) is 0 Å². The van der Waals surface area contributed by atoms with E-state index in [9.17, 15) is 21.4 Å². The second-order valence-corrected chi connectivity index (χ2v) is 9.69. The third-order valence-electron chi connectivity index (χ3n) is 3.29. The third-order valence-corrected chi connectivity index (χ3v) is 7.30. The Kier molecular flexibility index (Phi) is 6.46. The van der Waals surface area contributed by atoms with Gasteiger partial charge in [-0.05, 0) is 39.3 Å². The van der Waals surface area contributed by atoms with E-state index in [4.69, 9.17) is 0 Å². The first kappa shape index (κ1) is 18.2. The summed E-state index contributed by atoms with van der Waals surface area (Å²) in [5, 5.41) is -1.29. The van der Waals surface area contributed by atoms with Gasteiger partial charge in [0.05, 0.1) is 16.3 Å². The molecule has 7 heteroatoms. The summed E-state index contributed by atoms with van der Waals surface area (Å²) in [6, 6.07) is 3.49. The van der Waals surface area contributed by atoms with Gasteiger partial charge in [0.1, 0.15) is 11.6 Å². The van der Waals surface area contributed by atoms with Crippen molar-refractivity contribution in [3.63, 3.8) is 0 Å². The van der Waals surface area contributed by atoms with Crippen molar-refractivity contribution >= 4 is 20.6 Å². The molecule has 1 aromatic carbocycles. The van der Waals surface area contributed by atoms with Crippen molar-refractivity contribution in [1.29, 1.82) is 0 Å². The molecule has 0 unspecified atom stereocenters. The summed E-state index contributed by atoms with van der Waals surface area (Å²) in [5.41, 5.74) is -0.206. The van der Waals surface area contributed by atoms with E-state index >= 15 is 0 Å². The maximum atomic E-state index is 13.6. The lowest BCUT2D eigenvalue weighted by atomic mass is 10.1. The predicted molar refractivity (Wildman–Crippen MR) is 81.3 cm³/mol. The van der Waals surface area contributed by atoms with Crippen molar-refractivity contribution in [3.8, 4) is 0 Å². The molecule has 0 radical (unpaired) electrons. The van der Waals surface area contributed by atoms with Crippen molar-refractivity contribution in [1.82, 2.24) is 0 Å². The number of hydrogen-bond donors (Lipinski definition) is 0. The van der Waals surface area contributed by atoms with Crippen LogP contribution in [-0.4, -0.2) is 29.4 Å². The van der Waals surface area contributed by atoms with Crippen LogP contribution in [0, 0.1) is 11.6 Å². The summed E-state index contributed by atoms with van der Waals surface area (Å²) in [4.78, 5) is 0. The average molecular weight is 338 g/mol. The van der Waals surface area contributed by atoms with Crippen molar-refractivity contribution in [2.75, 3.05) is 11.5 Å². The van der Waals surface area contributed by atoms with Gasteiger partial charge in [-0.25, -0.2) is 17.2 Å². The normalized spacial score (nSPS) is 15.1. The van der Waals surface area contributed by atoms with Crippen LogP contribution in [0.5, 0.6) is 0 Å². The highest BCUT2D eigenvalue weighted by atomic mass is 32.2. The Hall–Kier alpha value is -0.820. The maximum Gasteiger partial charge on any atom is 0.152 e. The van der Waals surface area contributed by atoms with E-state index in [0.717, 1.165) is 12.1 Å². The Morgan fingerprint density at radius 3 is 2.14 bits per heavy atom. The van der Waals surface area contributed by atoms with E-state index in [2.05, 4.69) is 0 Å². The molecule has 120 valence electrons. The molecule has 1 aromatic rings. The van der Waals surface area contributed by atoms with Crippen molar-refractivity contribution in [2.24, 2.45) is 0 Å². The van der Waals surface area contributed by atoms with Gasteiger partial charge in [-0.3, -0.25) is 4.21 Å². The molecule has 0 saturated heterocycles. The van der Waals surface area contributed by atoms with Crippen molar-refractivity contribution < 1.29 is 21.4 Å². The number of rotatable bonds is 7. The van der Waals surface area contributed by atoms with E-state index in [1.807, 2.05) is 0 Å². The molecule has 0 heterocycles. The zero-order valence-corrected chi connectivity index (χ0v) is 13.9. The molecule has 0 aromatic heterocycles. The van der Waals surface area contributed by atoms with Crippen molar-refractivity contribution in [3.05, 3.63) is 35.4 Å². The van der Waals surface area contributed by atoms with Crippen LogP contribution in [0.4, 0.5) is 8.78 Å². The molecule has 0 aliphatic heterocycles. The van der Waals surface area contributed by atoms with Gasteiger partial charge in [0.15, 0.2) is 9.84 Å². The summed E-state index contributed by atoms with van der Waals surface area (Å²) in [6.45, 7) is 4.65. The Labute approximate surface area is 127 Å². The van der Waals surface area contributed by atoms with Crippen molar-refractivity contribution in [2.45, 2.75) is 37.7 Å². The molecule has 0 N–H and O–H groups in total. The second kappa shape index (κ2) is 7.45. The second-order valence-electron chi connectivity index (χ2n) is 5.13. The fraction of sp³-hybridized carbons (Fsp3) is 0.571. The minimum Gasteiger partial charge on any atom is -0.259 e. The molecule has 0 bridgehead atoms. The van der Waals surface area contributed by atoms with E-state index in [0.29, 0.717) is 0 Å². The van der Waals surface area contributed by atoms with E-state index in [1.165, 1.54) is 13.0 Å². The molecule has 3 nitrogen and oxygen atoms in total. The lowest BCUT2D eigenvalue weighted by Gasteiger charge is -2.14. The Bertz CT molecular complexity index is 592. The van der Waals surface area contributed by atoms with Gasteiger partial charge < -0.3 is 0 Å². The van der Waals surface area contributed by atoms with E-state index < -0.39 is 42.8 Å². The molecule has 0 fully saturated rings. The molecular weight excluding hydrogens is 318 g/mol. The summed E-state index contributed by atoms with van der Waals surface area (Å²) >= 11 is 0. The third kappa shape index (κ3) is 4.85. The van der Waals surface area contributed by atoms with Gasteiger partial charge in [-0.15, -0.1) is 0 Å². The standard InChI is InChI=1S/C14H20F2O3S2/c1-10(2)21(18,19)9-5-8-20(17)11(3)14-12(15)6-4-7-13(14)16/h4,6-7,10-11H,5,8-9H2,1-3H3/t11-,20-/m1/s1. The highest BCUT2D eigenvalue weighted by molar-refractivity contribution is 7.92. The van der Waals surface area contributed by atoms with E-state index in [-0.39, 0.29) is 23.5 Å². The Morgan fingerprint density at radius 2 is 1.67 bits per heavy atom. The van der Waals surface area contributed by atoms with Crippen LogP contribution in [0.25, 0.3) is 0 Å². The molecule has 2 atom stereocenters. The van der Waals surface area contributed by atoms with Gasteiger partial charge in [0.25, 0.3) is 0 Å². The molecule has 0 aliphatic carbocycles. The zero-order chi connectivity index (χ0) is 16.2. The van der Waals surface area contributed by atoms with Crippen LogP contribution in [0.2, 0.25) is 0 Å². The fourth-order valence-electron chi connectivity index (χ4n) is 1.85. The minimum atomic E-state index is -3.18. The highest BCUT2D eigenvalue weighted by Crippen LogP contribution is 2.25. The van der Waals surface area contributed by atoms with Gasteiger partial charge in [-0.1, -0.05) is 6.07 Å². The number of hydrogen-bond acceptors (Lipinski definition) is 3. The van der Waals surface area contributed by atoms with Gasteiger partial charge in [-0.2, -0.15) is 0 Å². The summed E-state index contributed by atoms with van der Waals surface area (Å²) < 4.78 is 62.6. The first-order valence-electron chi connectivity index (χ1n) is 6.69. The van der Waals surface area contributed by atoms with Crippen LogP contribution in [0.15, 0.2) is 18.2 Å². The van der Waals surface area contributed by atoms with Crippen LogP contribution >= 0.6 is 0 Å². The van der Waals surface area contributed by atoms with Gasteiger partial charge >= 0.3 is 0 Å². The monoisotopic (exact) mass is 338 g/mol. The molecule has 0 amide bonds. The average Bonchev–Trinajstić information content (AvgIpc) is 2.37. The molecule has 0 saturated carbocycles. The summed E-state index contributed by atoms with van der Waals surface area (Å²) in [6.07, 6.45) is 0.216. The number of sulfone groups is 1. The lowest BCUT2D eigenvalue weighted by molar-refractivity contribution is 0.553. The highest BCUT2D eigenvalue weighted by Gasteiger charge is 2.22. The van der Waals surface area contributed by atoms with Crippen LogP contribution in [0.1, 0.15) is 38.0 Å². The van der Waals surface area contributed by atoms with Gasteiger partial charge in [0, 0.05) is 22.1 Å². The van der Waals surface area contributed by atoms with E-state index in [1.54, 1.807) is 13.8 Å².